The maximum absolute atomic E-state index is 5.90. The van der Waals surface area contributed by atoms with Gasteiger partial charge in [0.2, 0.25) is 0 Å². The van der Waals surface area contributed by atoms with Gasteiger partial charge >= 0.3 is 0 Å². The van der Waals surface area contributed by atoms with Crippen molar-refractivity contribution in [2.24, 2.45) is 11.5 Å². The largest absolute Gasteiger partial charge is 0.397 e. The van der Waals surface area contributed by atoms with Crippen LogP contribution in [-0.4, -0.2) is 0 Å². The minimum atomic E-state index is 0.561. The van der Waals surface area contributed by atoms with Crippen molar-refractivity contribution in [2.75, 3.05) is 0 Å². The van der Waals surface area contributed by atoms with Gasteiger partial charge in [0.1, 0.15) is 0 Å². The first-order valence-corrected chi connectivity index (χ1v) is 5.26. The van der Waals surface area contributed by atoms with Crippen molar-refractivity contribution in [2.45, 2.75) is 0 Å². The van der Waals surface area contributed by atoms with Gasteiger partial charge in [0.15, 0.2) is 0 Å². The molecule has 0 fully saturated rings. The van der Waals surface area contributed by atoms with Crippen molar-refractivity contribution in [1.82, 2.24) is 0 Å². The average Bonchev–Trinajstić information content (AvgIpc) is 2.44. The van der Waals surface area contributed by atoms with Crippen molar-refractivity contribution >= 4 is 31.7 Å². The lowest BCUT2D eigenvalue weighted by atomic mass is 9.99. The van der Waals surface area contributed by atoms with Gasteiger partial charge in [-0.25, -0.2) is 0 Å². The van der Waals surface area contributed by atoms with Gasteiger partial charge in [-0.2, -0.15) is 0 Å². The summed E-state index contributed by atoms with van der Waals surface area (Å²) in [5, 5.41) is 0. The highest BCUT2D eigenvalue weighted by Crippen LogP contribution is 2.40. The van der Waals surface area contributed by atoms with E-state index in [1.165, 1.54) is 0 Å². The molecular weight excluding hydrogens is 252 g/mol. The first kappa shape index (κ1) is 10.1. The monoisotopic (exact) mass is 262 g/mol. The molecule has 0 aromatic heterocycles. The number of nitrogens with two attached hydrogens (primary N) is 2. The van der Waals surface area contributed by atoms with Crippen LogP contribution in [-0.2, 0) is 0 Å². The maximum atomic E-state index is 5.90. The Kier molecular flexibility index (Phi) is 2.20. The van der Waals surface area contributed by atoms with Crippen LogP contribution in [0.4, 0.5) is 0 Å². The summed E-state index contributed by atoms with van der Waals surface area (Å²) in [6.45, 7) is 7.81. The minimum Gasteiger partial charge on any atom is -0.397 e. The lowest BCUT2D eigenvalue weighted by Crippen LogP contribution is -2.02. The van der Waals surface area contributed by atoms with E-state index < -0.39 is 0 Å². The zero-order chi connectivity index (χ0) is 11.2. The predicted octanol–water partition coefficient (Wildman–Crippen LogP) is 2.66. The van der Waals surface area contributed by atoms with Crippen LogP contribution in [0.2, 0.25) is 0 Å². The molecule has 0 amide bonds. The fourth-order valence-corrected chi connectivity index (χ4v) is 2.10. The first-order chi connectivity index (χ1) is 7.04. The zero-order valence-corrected chi connectivity index (χ0v) is 9.76. The molecule has 1 aromatic rings. The summed E-state index contributed by atoms with van der Waals surface area (Å²) in [5.74, 6) is 0. The Balaban J connectivity index is 2.76. The Labute approximate surface area is 97.1 Å². The Morgan fingerprint density at radius 3 is 2.47 bits per heavy atom. The van der Waals surface area contributed by atoms with Gasteiger partial charge < -0.3 is 11.5 Å². The Hall–Kier alpha value is -1.48. The third-order valence-electron chi connectivity index (χ3n) is 2.56. The van der Waals surface area contributed by atoms with Crippen LogP contribution >= 0.6 is 15.9 Å². The standard InChI is InChI=1S/C12H11BrN2/c1-6-10-8(7(2)13)4-3-5-9(10)12(15)11(6)14/h3-5H,1-2,14-15H2. The summed E-state index contributed by atoms with van der Waals surface area (Å²) in [7, 11) is 0. The highest BCUT2D eigenvalue weighted by molar-refractivity contribution is 9.15. The van der Waals surface area contributed by atoms with Gasteiger partial charge in [-0.05, 0) is 5.56 Å². The number of rotatable bonds is 1. The molecule has 4 N–H and O–H groups in total. The van der Waals surface area contributed by atoms with Gasteiger partial charge in [0.25, 0.3) is 0 Å². The van der Waals surface area contributed by atoms with E-state index in [1.54, 1.807) is 0 Å². The molecule has 0 spiro atoms. The third kappa shape index (κ3) is 1.31. The molecule has 2 rings (SSSR count). The summed E-state index contributed by atoms with van der Waals surface area (Å²) < 4.78 is 0.808. The molecule has 0 saturated heterocycles. The van der Waals surface area contributed by atoms with Crippen LogP contribution in [0, 0.1) is 0 Å². The van der Waals surface area contributed by atoms with E-state index in [0.717, 1.165) is 26.7 Å². The van der Waals surface area contributed by atoms with Crippen LogP contribution in [0.5, 0.6) is 0 Å². The van der Waals surface area contributed by atoms with Crippen molar-refractivity contribution in [3.05, 3.63) is 53.7 Å². The topological polar surface area (TPSA) is 52.0 Å². The molecule has 1 aliphatic carbocycles. The van der Waals surface area contributed by atoms with Crippen molar-refractivity contribution in [3.8, 4) is 0 Å². The summed E-state index contributed by atoms with van der Waals surface area (Å²) in [6, 6.07) is 5.83. The Morgan fingerprint density at radius 2 is 1.87 bits per heavy atom. The van der Waals surface area contributed by atoms with E-state index in [9.17, 15) is 0 Å². The normalized spacial score (nSPS) is 14.3. The molecule has 0 atom stereocenters. The molecule has 0 unspecified atom stereocenters. The lowest BCUT2D eigenvalue weighted by Gasteiger charge is -2.08. The van der Waals surface area contributed by atoms with E-state index in [2.05, 4.69) is 29.1 Å². The fraction of sp³-hybridized carbons (Fsp3) is 0. The van der Waals surface area contributed by atoms with E-state index in [1.807, 2.05) is 18.2 Å². The molecule has 0 heterocycles. The molecule has 0 bridgehead atoms. The van der Waals surface area contributed by atoms with E-state index >= 15 is 0 Å². The molecule has 1 aromatic carbocycles. The van der Waals surface area contributed by atoms with E-state index in [0.29, 0.717) is 11.4 Å². The SMILES string of the molecule is C=C(Br)c1cccc2c1C(=C)C(N)=C2N. The molecule has 76 valence electrons. The maximum Gasteiger partial charge on any atom is 0.0634 e. The second kappa shape index (κ2) is 3.28. The van der Waals surface area contributed by atoms with Crippen LogP contribution < -0.4 is 11.5 Å². The smallest absolute Gasteiger partial charge is 0.0634 e. The number of hydrogen-bond donors (Lipinski definition) is 2. The number of allylic oxidation sites excluding steroid dienone is 1. The fourth-order valence-electron chi connectivity index (χ4n) is 1.77. The lowest BCUT2D eigenvalue weighted by molar-refractivity contribution is 1.44. The van der Waals surface area contributed by atoms with Crippen molar-refractivity contribution < 1.29 is 0 Å². The quantitative estimate of drug-likeness (QED) is 0.818. The van der Waals surface area contributed by atoms with Gasteiger partial charge in [0.05, 0.1) is 11.4 Å². The summed E-state index contributed by atoms with van der Waals surface area (Å²) in [4.78, 5) is 0. The molecule has 0 saturated carbocycles. The molecule has 0 aliphatic heterocycles. The highest BCUT2D eigenvalue weighted by Gasteiger charge is 2.23. The third-order valence-corrected chi connectivity index (χ3v) is 2.99. The van der Waals surface area contributed by atoms with Crippen molar-refractivity contribution in [1.29, 1.82) is 0 Å². The molecule has 15 heavy (non-hydrogen) atoms. The second-order valence-corrected chi connectivity index (χ2v) is 4.40. The molecular formula is C12H11BrN2. The number of fused-ring (bicyclic) bond motifs is 1. The summed E-state index contributed by atoms with van der Waals surface area (Å²) in [6.07, 6.45) is 0. The Bertz CT molecular complexity index is 512. The van der Waals surface area contributed by atoms with Gasteiger partial charge in [-0.15, -0.1) is 0 Å². The second-order valence-electron chi connectivity index (χ2n) is 3.44. The van der Waals surface area contributed by atoms with Crippen molar-refractivity contribution in [3.63, 3.8) is 0 Å². The molecule has 1 aliphatic rings. The van der Waals surface area contributed by atoms with Crippen LogP contribution in [0.15, 0.2) is 37.1 Å². The molecule has 0 radical (unpaired) electrons. The number of benzene rings is 1. The highest BCUT2D eigenvalue weighted by atomic mass is 79.9. The Morgan fingerprint density at radius 1 is 1.20 bits per heavy atom. The number of hydrogen-bond acceptors (Lipinski definition) is 2. The molecule has 3 heteroatoms. The molecule has 2 nitrogen and oxygen atoms in total. The van der Waals surface area contributed by atoms with E-state index in [4.69, 9.17) is 11.5 Å². The minimum absolute atomic E-state index is 0.561. The average molecular weight is 263 g/mol. The zero-order valence-electron chi connectivity index (χ0n) is 8.18. The summed E-state index contributed by atoms with van der Waals surface area (Å²) >= 11 is 3.37. The van der Waals surface area contributed by atoms with Crippen LogP contribution in [0.3, 0.4) is 0 Å². The first-order valence-electron chi connectivity index (χ1n) is 4.47. The number of halogens is 1. The van der Waals surface area contributed by atoms with Gasteiger partial charge in [-0.3, -0.25) is 0 Å². The van der Waals surface area contributed by atoms with Crippen LogP contribution in [0.1, 0.15) is 16.7 Å². The van der Waals surface area contributed by atoms with Gasteiger partial charge in [-0.1, -0.05) is 47.3 Å². The van der Waals surface area contributed by atoms with Gasteiger partial charge in [0, 0.05) is 21.2 Å². The van der Waals surface area contributed by atoms with E-state index in [-0.39, 0.29) is 0 Å². The predicted molar refractivity (Wildman–Crippen MR) is 68.7 cm³/mol. The van der Waals surface area contributed by atoms with Crippen LogP contribution in [0.25, 0.3) is 15.8 Å². The summed E-state index contributed by atoms with van der Waals surface area (Å²) in [5.41, 5.74) is 16.6.